The van der Waals surface area contributed by atoms with Crippen LogP contribution in [0.15, 0.2) is 0 Å². The first-order chi connectivity index (χ1) is 15.3. The molecule has 10 unspecified atom stereocenters. The zero-order valence-corrected chi connectivity index (χ0v) is 22.7. The van der Waals surface area contributed by atoms with Crippen molar-refractivity contribution in [1.29, 1.82) is 0 Å². The van der Waals surface area contributed by atoms with Crippen LogP contribution in [0.25, 0.3) is 0 Å². The molecule has 4 aliphatic rings. The van der Waals surface area contributed by atoms with E-state index in [1.807, 2.05) is 0 Å². The molecule has 0 aromatic carbocycles. The Morgan fingerprint density at radius 2 is 1.58 bits per heavy atom. The summed E-state index contributed by atoms with van der Waals surface area (Å²) >= 11 is 0. The van der Waals surface area contributed by atoms with Gasteiger partial charge in [-0.1, -0.05) is 67.7 Å². The molecule has 3 nitrogen and oxygen atoms in total. The van der Waals surface area contributed by atoms with E-state index in [0.717, 1.165) is 38.0 Å². The highest BCUT2D eigenvalue weighted by atomic mass is 16.3. The van der Waals surface area contributed by atoms with Gasteiger partial charge in [-0.2, -0.15) is 0 Å². The zero-order valence-electron chi connectivity index (χ0n) is 22.7. The summed E-state index contributed by atoms with van der Waals surface area (Å²) in [7, 11) is 0. The molecule has 0 radical (unpaired) electrons. The number of rotatable bonds is 6. The monoisotopic (exact) mass is 462 g/mol. The number of aliphatic hydroxyl groups is 3. The van der Waals surface area contributed by atoms with Gasteiger partial charge < -0.3 is 15.3 Å². The van der Waals surface area contributed by atoms with E-state index >= 15 is 0 Å². The summed E-state index contributed by atoms with van der Waals surface area (Å²) < 4.78 is 0. The second-order valence-corrected chi connectivity index (χ2v) is 14.6. The first-order valence-corrected chi connectivity index (χ1v) is 14.3. The molecule has 0 heterocycles. The molecule has 0 aliphatic heterocycles. The van der Waals surface area contributed by atoms with Crippen LogP contribution in [-0.4, -0.2) is 34.1 Å². The fourth-order valence-electron chi connectivity index (χ4n) is 10.7. The standard InChI is InChI=1S/C30H54O3/c1-19(2)9-8-10-20(3)21-13-16-29(7)22-11-12-24-27(4,5)25(33)14-15-28(24,6)26(22)23(32)17-30(21,29)18-31/h19-26,31-33H,8-18H2,1-7H3. The lowest BCUT2D eigenvalue weighted by atomic mass is 9.37. The number of hydrogen-bond acceptors (Lipinski definition) is 3. The average molecular weight is 463 g/mol. The lowest BCUT2D eigenvalue weighted by Crippen LogP contribution is -2.66. The first-order valence-electron chi connectivity index (χ1n) is 14.3. The Morgan fingerprint density at radius 1 is 0.879 bits per heavy atom. The molecule has 0 saturated heterocycles. The van der Waals surface area contributed by atoms with Gasteiger partial charge >= 0.3 is 0 Å². The van der Waals surface area contributed by atoms with E-state index in [4.69, 9.17) is 0 Å². The summed E-state index contributed by atoms with van der Waals surface area (Å²) in [6, 6.07) is 0. The van der Waals surface area contributed by atoms with Crippen LogP contribution < -0.4 is 0 Å². The minimum absolute atomic E-state index is 0.0800. The Labute approximate surface area is 204 Å². The maximum Gasteiger partial charge on any atom is 0.0594 e. The van der Waals surface area contributed by atoms with Gasteiger partial charge in [0.25, 0.3) is 0 Å². The number of aliphatic hydroxyl groups excluding tert-OH is 3. The van der Waals surface area contributed by atoms with Crippen molar-refractivity contribution in [3.05, 3.63) is 0 Å². The van der Waals surface area contributed by atoms with Gasteiger partial charge in [-0.3, -0.25) is 0 Å². The Kier molecular flexibility index (Phi) is 6.90. The molecule has 3 N–H and O–H groups in total. The van der Waals surface area contributed by atoms with Crippen molar-refractivity contribution >= 4 is 0 Å². The summed E-state index contributed by atoms with van der Waals surface area (Å²) in [4.78, 5) is 0. The fraction of sp³-hybridized carbons (Fsp3) is 1.00. The molecule has 3 heteroatoms. The van der Waals surface area contributed by atoms with Crippen LogP contribution in [0, 0.1) is 57.2 Å². The third-order valence-electron chi connectivity index (χ3n) is 12.5. The molecule has 4 aliphatic carbocycles. The van der Waals surface area contributed by atoms with Crippen LogP contribution in [0.1, 0.15) is 113 Å². The van der Waals surface area contributed by atoms with Gasteiger partial charge in [-0.05, 0) is 96.7 Å². The van der Waals surface area contributed by atoms with E-state index < -0.39 is 0 Å². The normalized spacial score (nSPS) is 49.9. The molecule has 0 aromatic rings. The van der Waals surface area contributed by atoms with Gasteiger partial charge in [0.2, 0.25) is 0 Å². The van der Waals surface area contributed by atoms with E-state index in [2.05, 4.69) is 48.5 Å². The van der Waals surface area contributed by atoms with E-state index in [1.165, 1.54) is 32.1 Å². The highest BCUT2D eigenvalue weighted by molar-refractivity contribution is 5.19. The molecule has 10 atom stereocenters. The van der Waals surface area contributed by atoms with Gasteiger partial charge in [0.15, 0.2) is 0 Å². The van der Waals surface area contributed by atoms with Crippen LogP contribution in [-0.2, 0) is 0 Å². The molecular weight excluding hydrogens is 408 g/mol. The smallest absolute Gasteiger partial charge is 0.0594 e. The molecule has 192 valence electrons. The predicted molar refractivity (Wildman–Crippen MR) is 136 cm³/mol. The highest BCUT2D eigenvalue weighted by Crippen LogP contribution is 2.74. The van der Waals surface area contributed by atoms with Gasteiger partial charge in [0, 0.05) is 12.0 Å². The molecule has 0 aromatic heterocycles. The van der Waals surface area contributed by atoms with E-state index in [0.29, 0.717) is 29.6 Å². The predicted octanol–water partition coefficient (Wildman–Crippen LogP) is 6.44. The van der Waals surface area contributed by atoms with Crippen LogP contribution in [0.4, 0.5) is 0 Å². The van der Waals surface area contributed by atoms with Crippen molar-refractivity contribution in [3.63, 3.8) is 0 Å². The van der Waals surface area contributed by atoms with Crippen molar-refractivity contribution in [2.75, 3.05) is 6.61 Å². The largest absolute Gasteiger partial charge is 0.396 e. The minimum atomic E-state index is -0.336. The SMILES string of the molecule is CC(C)CCCC(C)C1CCC2(C)C3CCC4C(C)(C)C(O)CCC4(C)C3C(O)CC12CO. The summed E-state index contributed by atoms with van der Waals surface area (Å²) in [6.45, 7) is 16.8. The van der Waals surface area contributed by atoms with Gasteiger partial charge in [-0.15, -0.1) is 0 Å². The molecular formula is C30H54O3. The van der Waals surface area contributed by atoms with Crippen molar-refractivity contribution in [1.82, 2.24) is 0 Å². The fourth-order valence-corrected chi connectivity index (χ4v) is 10.7. The average Bonchev–Trinajstić information content (AvgIpc) is 3.04. The summed E-state index contributed by atoms with van der Waals surface area (Å²) in [6.07, 6.45) is 10.6. The first kappa shape index (κ1) is 26.0. The van der Waals surface area contributed by atoms with Gasteiger partial charge in [0.05, 0.1) is 12.2 Å². The van der Waals surface area contributed by atoms with Crippen molar-refractivity contribution in [2.45, 2.75) is 125 Å². The topological polar surface area (TPSA) is 60.7 Å². The third kappa shape index (κ3) is 3.69. The van der Waals surface area contributed by atoms with E-state index in [1.54, 1.807) is 0 Å². The molecule has 4 fully saturated rings. The summed E-state index contributed by atoms with van der Waals surface area (Å²) in [5.41, 5.74) is -0.0432. The van der Waals surface area contributed by atoms with Gasteiger partial charge in [-0.25, -0.2) is 0 Å². The maximum atomic E-state index is 11.9. The van der Waals surface area contributed by atoms with E-state index in [-0.39, 0.29) is 40.5 Å². The lowest BCUT2D eigenvalue weighted by molar-refractivity contribution is -0.243. The van der Waals surface area contributed by atoms with Crippen LogP contribution >= 0.6 is 0 Å². The molecule has 0 spiro atoms. The Balaban J connectivity index is 1.64. The lowest BCUT2D eigenvalue weighted by Gasteiger charge is -2.68. The van der Waals surface area contributed by atoms with Crippen molar-refractivity contribution in [2.24, 2.45) is 57.2 Å². The summed E-state index contributed by atoms with van der Waals surface area (Å²) in [5, 5.41) is 33.7. The number of fused-ring (bicyclic) bond motifs is 5. The molecule has 0 amide bonds. The molecule has 0 bridgehead atoms. The molecule has 4 saturated carbocycles. The third-order valence-corrected chi connectivity index (χ3v) is 12.5. The van der Waals surface area contributed by atoms with Crippen LogP contribution in [0.5, 0.6) is 0 Å². The second kappa shape index (κ2) is 8.77. The molecule has 33 heavy (non-hydrogen) atoms. The number of hydrogen-bond donors (Lipinski definition) is 3. The van der Waals surface area contributed by atoms with Gasteiger partial charge in [0.1, 0.15) is 0 Å². The van der Waals surface area contributed by atoms with E-state index in [9.17, 15) is 15.3 Å². The van der Waals surface area contributed by atoms with Crippen molar-refractivity contribution in [3.8, 4) is 0 Å². The Bertz CT molecular complexity index is 703. The van der Waals surface area contributed by atoms with Crippen molar-refractivity contribution < 1.29 is 15.3 Å². The highest BCUT2D eigenvalue weighted by Gasteiger charge is 2.70. The second-order valence-electron chi connectivity index (χ2n) is 14.6. The zero-order chi connectivity index (χ0) is 24.4. The Morgan fingerprint density at radius 3 is 2.21 bits per heavy atom. The maximum absolute atomic E-state index is 11.9. The summed E-state index contributed by atoms with van der Waals surface area (Å²) in [5.74, 6) is 3.12. The van der Waals surface area contributed by atoms with Crippen LogP contribution in [0.3, 0.4) is 0 Å². The minimum Gasteiger partial charge on any atom is -0.396 e. The quantitative estimate of drug-likeness (QED) is 0.426. The molecule has 4 rings (SSSR count). The Hall–Kier alpha value is -0.120. The van der Waals surface area contributed by atoms with Crippen LogP contribution in [0.2, 0.25) is 0 Å².